The van der Waals surface area contributed by atoms with Gasteiger partial charge in [0.2, 0.25) is 5.91 Å². The number of hydrogen-bond acceptors (Lipinski definition) is 4. The predicted molar refractivity (Wildman–Crippen MR) is 133 cm³/mol. The quantitative estimate of drug-likeness (QED) is 0.438. The van der Waals surface area contributed by atoms with Gasteiger partial charge >= 0.3 is 0 Å². The smallest absolute Gasteiger partial charge is 0.238 e. The summed E-state index contributed by atoms with van der Waals surface area (Å²) >= 11 is 0. The molecule has 0 aromatic heterocycles. The minimum atomic E-state index is -0.0254. The molecule has 1 saturated heterocycles. The first-order chi connectivity index (χ1) is 15.4. The molecule has 1 heterocycles. The molecule has 32 heavy (non-hydrogen) atoms. The van der Waals surface area contributed by atoms with Crippen molar-refractivity contribution in [3.05, 3.63) is 59.7 Å². The summed E-state index contributed by atoms with van der Waals surface area (Å²) in [5.41, 5.74) is 4.40. The van der Waals surface area contributed by atoms with Crippen LogP contribution in [-0.4, -0.2) is 57.5 Å². The van der Waals surface area contributed by atoms with Crippen LogP contribution in [-0.2, 0) is 11.3 Å². The number of hydrogen-bond donors (Lipinski definition) is 3. The summed E-state index contributed by atoms with van der Waals surface area (Å²) in [4.78, 5) is 20.7. The first kappa shape index (κ1) is 23.6. The van der Waals surface area contributed by atoms with Crippen LogP contribution in [0.1, 0.15) is 36.9 Å². The fourth-order valence-corrected chi connectivity index (χ4v) is 3.88. The molecule has 2 aromatic rings. The highest BCUT2D eigenvalue weighted by molar-refractivity contribution is 5.92. The van der Waals surface area contributed by atoms with Gasteiger partial charge in [-0.05, 0) is 69.3 Å². The van der Waals surface area contributed by atoms with E-state index in [0.717, 1.165) is 30.3 Å². The standard InChI is InChI=1S/C25H36N6O/c1-19(21-10-8-12-23(16-21)31-13-5-6-14-31)28-25(26-2)27-17-20-9-7-11-22(15-20)29-24(32)18-30(3)4/h7-12,15-16,19H,5-6,13-14,17-18H2,1-4H3,(H,29,32)(H2,26,27,28). The monoisotopic (exact) mass is 436 g/mol. The molecule has 0 aliphatic carbocycles. The first-order valence-electron chi connectivity index (χ1n) is 11.3. The van der Waals surface area contributed by atoms with E-state index in [1.807, 2.05) is 43.3 Å². The highest BCUT2D eigenvalue weighted by atomic mass is 16.2. The number of anilines is 2. The number of likely N-dealkylation sites (N-methyl/N-ethyl adjacent to an activating group) is 1. The molecule has 0 radical (unpaired) electrons. The summed E-state index contributed by atoms with van der Waals surface area (Å²) in [5, 5.41) is 9.80. The van der Waals surface area contributed by atoms with E-state index in [9.17, 15) is 4.79 Å². The van der Waals surface area contributed by atoms with E-state index in [4.69, 9.17) is 0 Å². The van der Waals surface area contributed by atoms with E-state index in [1.54, 1.807) is 7.05 Å². The minimum Gasteiger partial charge on any atom is -0.372 e. The van der Waals surface area contributed by atoms with E-state index in [-0.39, 0.29) is 11.9 Å². The van der Waals surface area contributed by atoms with Gasteiger partial charge in [0, 0.05) is 38.1 Å². The molecule has 3 N–H and O–H groups in total. The number of nitrogens with one attached hydrogen (secondary N) is 3. The van der Waals surface area contributed by atoms with Crippen LogP contribution in [0.3, 0.4) is 0 Å². The van der Waals surface area contributed by atoms with Crippen LogP contribution in [0.2, 0.25) is 0 Å². The lowest BCUT2D eigenvalue weighted by atomic mass is 10.1. The van der Waals surface area contributed by atoms with E-state index >= 15 is 0 Å². The van der Waals surface area contributed by atoms with Gasteiger partial charge in [0.25, 0.3) is 0 Å². The van der Waals surface area contributed by atoms with Crippen molar-refractivity contribution in [1.82, 2.24) is 15.5 Å². The van der Waals surface area contributed by atoms with Gasteiger partial charge in [-0.3, -0.25) is 9.79 Å². The first-order valence-corrected chi connectivity index (χ1v) is 11.3. The molecule has 1 aliphatic rings. The Bertz CT molecular complexity index is 920. The Hall–Kier alpha value is -3.06. The van der Waals surface area contributed by atoms with Gasteiger partial charge in [0.1, 0.15) is 0 Å². The Morgan fingerprint density at radius 3 is 2.59 bits per heavy atom. The van der Waals surface area contributed by atoms with Crippen molar-refractivity contribution in [3.8, 4) is 0 Å². The van der Waals surface area contributed by atoms with Crippen molar-refractivity contribution in [2.24, 2.45) is 4.99 Å². The maximum Gasteiger partial charge on any atom is 0.238 e. The number of carbonyl (C=O) groups is 1. The van der Waals surface area contributed by atoms with Gasteiger partial charge < -0.3 is 25.8 Å². The van der Waals surface area contributed by atoms with Crippen LogP contribution in [0.25, 0.3) is 0 Å². The molecule has 1 aliphatic heterocycles. The number of benzene rings is 2. The minimum absolute atomic E-state index is 0.0254. The molecule has 0 saturated carbocycles. The van der Waals surface area contributed by atoms with Gasteiger partial charge in [-0.25, -0.2) is 0 Å². The fourth-order valence-electron chi connectivity index (χ4n) is 3.88. The molecule has 1 amide bonds. The second kappa shape index (κ2) is 11.5. The van der Waals surface area contributed by atoms with E-state index in [0.29, 0.717) is 13.1 Å². The van der Waals surface area contributed by atoms with Crippen molar-refractivity contribution in [1.29, 1.82) is 0 Å². The second-order valence-electron chi connectivity index (χ2n) is 8.57. The van der Waals surface area contributed by atoms with Crippen molar-refractivity contribution in [3.63, 3.8) is 0 Å². The van der Waals surface area contributed by atoms with Crippen LogP contribution in [0.5, 0.6) is 0 Å². The van der Waals surface area contributed by atoms with E-state index in [1.165, 1.54) is 24.1 Å². The maximum atomic E-state index is 12.0. The highest BCUT2D eigenvalue weighted by Crippen LogP contribution is 2.24. The van der Waals surface area contributed by atoms with Crippen LogP contribution in [0, 0.1) is 0 Å². The van der Waals surface area contributed by atoms with E-state index < -0.39 is 0 Å². The third-order valence-electron chi connectivity index (χ3n) is 5.55. The lowest BCUT2D eigenvalue weighted by Crippen LogP contribution is -2.38. The van der Waals surface area contributed by atoms with Crippen LogP contribution >= 0.6 is 0 Å². The van der Waals surface area contributed by atoms with Crippen LogP contribution < -0.4 is 20.9 Å². The van der Waals surface area contributed by atoms with Crippen molar-refractivity contribution in [2.45, 2.75) is 32.4 Å². The second-order valence-corrected chi connectivity index (χ2v) is 8.57. The van der Waals surface area contributed by atoms with Crippen molar-refractivity contribution >= 4 is 23.2 Å². The van der Waals surface area contributed by atoms with Crippen LogP contribution in [0.4, 0.5) is 11.4 Å². The molecule has 172 valence electrons. The summed E-state index contributed by atoms with van der Waals surface area (Å²) in [6, 6.07) is 16.7. The molecule has 7 heteroatoms. The lowest BCUT2D eigenvalue weighted by Gasteiger charge is -2.22. The molecular formula is C25H36N6O. The molecule has 7 nitrogen and oxygen atoms in total. The summed E-state index contributed by atoms with van der Waals surface area (Å²) in [5.74, 6) is 0.716. The molecule has 1 fully saturated rings. The summed E-state index contributed by atoms with van der Waals surface area (Å²) < 4.78 is 0. The highest BCUT2D eigenvalue weighted by Gasteiger charge is 2.14. The fraction of sp³-hybridized carbons (Fsp3) is 0.440. The van der Waals surface area contributed by atoms with Crippen molar-refractivity contribution in [2.75, 3.05) is 51.0 Å². The van der Waals surface area contributed by atoms with Gasteiger partial charge in [0.15, 0.2) is 5.96 Å². The average Bonchev–Trinajstić information content (AvgIpc) is 3.31. The number of rotatable bonds is 8. The molecular weight excluding hydrogens is 400 g/mol. The zero-order chi connectivity index (χ0) is 22.9. The van der Waals surface area contributed by atoms with Gasteiger partial charge in [-0.15, -0.1) is 0 Å². The Labute approximate surface area is 191 Å². The lowest BCUT2D eigenvalue weighted by molar-refractivity contribution is -0.116. The Kier molecular flexibility index (Phi) is 8.50. The normalized spacial score (nSPS) is 15.0. The zero-order valence-electron chi connectivity index (χ0n) is 19.7. The number of carbonyl (C=O) groups excluding carboxylic acids is 1. The van der Waals surface area contributed by atoms with Gasteiger partial charge in [-0.2, -0.15) is 0 Å². The summed E-state index contributed by atoms with van der Waals surface area (Å²) in [6.45, 7) is 5.40. The number of amides is 1. The average molecular weight is 437 g/mol. The van der Waals surface area contributed by atoms with Gasteiger partial charge in [0.05, 0.1) is 12.6 Å². The predicted octanol–water partition coefficient (Wildman–Crippen LogP) is 3.21. The third-order valence-corrected chi connectivity index (χ3v) is 5.55. The molecule has 1 unspecified atom stereocenters. The van der Waals surface area contributed by atoms with Gasteiger partial charge in [-0.1, -0.05) is 24.3 Å². The number of aliphatic imine (C=N–C) groups is 1. The molecule has 2 aromatic carbocycles. The molecule has 0 spiro atoms. The molecule has 3 rings (SSSR count). The Morgan fingerprint density at radius 1 is 1.12 bits per heavy atom. The summed E-state index contributed by atoms with van der Waals surface area (Å²) in [6.07, 6.45) is 2.55. The molecule has 1 atom stereocenters. The van der Waals surface area contributed by atoms with Crippen LogP contribution in [0.15, 0.2) is 53.5 Å². The SMILES string of the molecule is CN=C(NCc1cccc(NC(=O)CN(C)C)c1)NC(C)c1cccc(N2CCCC2)c1. The summed E-state index contributed by atoms with van der Waals surface area (Å²) in [7, 11) is 5.53. The maximum absolute atomic E-state index is 12.0. The Balaban J connectivity index is 1.55. The third kappa shape index (κ3) is 6.99. The zero-order valence-corrected chi connectivity index (χ0v) is 19.7. The number of guanidine groups is 1. The van der Waals surface area contributed by atoms with Crippen molar-refractivity contribution < 1.29 is 4.79 Å². The van der Waals surface area contributed by atoms with E-state index in [2.05, 4.69) is 57.0 Å². The Morgan fingerprint density at radius 2 is 1.88 bits per heavy atom. The number of nitrogens with zero attached hydrogens (tertiary/aromatic N) is 3. The molecule has 0 bridgehead atoms. The topological polar surface area (TPSA) is 72.0 Å². The largest absolute Gasteiger partial charge is 0.372 e.